The molecule has 0 spiro atoms. The average Bonchev–Trinajstić information content (AvgIpc) is 2.23. The third-order valence-electron chi connectivity index (χ3n) is 2.38. The molecule has 0 saturated heterocycles. The number of anilines is 1. The SMILES string of the molecule is Cc1ccc(-c2ccc(Cl)c(N)c2)cc1. The van der Waals surface area contributed by atoms with Crippen LogP contribution >= 0.6 is 11.6 Å². The summed E-state index contributed by atoms with van der Waals surface area (Å²) in [5, 5.41) is 0.603. The first-order chi connectivity index (χ1) is 7.16. The molecule has 0 aliphatic rings. The van der Waals surface area contributed by atoms with Gasteiger partial charge in [-0.15, -0.1) is 0 Å². The fourth-order valence-electron chi connectivity index (χ4n) is 1.47. The van der Waals surface area contributed by atoms with Crippen molar-refractivity contribution in [3.63, 3.8) is 0 Å². The third-order valence-corrected chi connectivity index (χ3v) is 2.73. The van der Waals surface area contributed by atoms with Crippen LogP contribution in [0.3, 0.4) is 0 Å². The van der Waals surface area contributed by atoms with E-state index in [0.717, 1.165) is 11.1 Å². The molecule has 0 radical (unpaired) electrons. The second-order valence-corrected chi connectivity index (χ2v) is 4.01. The maximum Gasteiger partial charge on any atom is 0.0635 e. The van der Waals surface area contributed by atoms with Gasteiger partial charge in [0.15, 0.2) is 0 Å². The van der Waals surface area contributed by atoms with Gasteiger partial charge < -0.3 is 5.73 Å². The van der Waals surface area contributed by atoms with Gasteiger partial charge in [0.25, 0.3) is 0 Å². The minimum atomic E-state index is 0.603. The standard InChI is InChI=1S/C13H12ClN/c1-9-2-4-10(5-3-9)11-6-7-12(14)13(15)8-11/h2-8H,15H2,1H3. The van der Waals surface area contributed by atoms with E-state index < -0.39 is 0 Å². The van der Waals surface area contributed by atoms with Gasteiger partial charge >= 0.3 is 0 Å². The van der Waals surface area contributed by atoms with E-state index in [1.54, 1.807) is 0 Å². The molecule has 0 amide bonds. The molecule has 0 atom stereocenters. The van der Waals surface area contributed by atoms with Crippen LogP contribution in [0.5, 0.6) is 0 Å². The monoisotopic (exact) mass is 217 g/mol. The Morgan fingerprint density at radius 1 is 0.933 bits per heavy atom. The molecule has 0 saturated carbocycles. The molecule has 0 aliphatic carbocycles. The van der Waals surface area contributed by atoms with Crippen molar-refractivity contribution < 1.29 is 0 Å². The van der Waals surface area contributed by atoms with Gasteiger partial charge in [0.2, 0.25) is 0 Å². The normalized spacial score (nSPS) is 10.3. The summed E-state index contributed by atoms with van der Waals surface area (Å²) < 4.78 is 0. The molecule has 2 aromatic rings. The lowest BCUT2D eigenvalue weighted by atomic mass is 10.0. The zero-order valence-corrected chi connectivity index (χ0v) is 9.25. The van der Waals surface area contributed by atoms with Gasteiger partial charge in [-0.1, -0.05) is 47.5 Å². The topological polar surface area (TPSA) is 26.0 Å². The molecule has 1 nitrogen and oxygen atoms in total. The smallest absolute Gasteiger partial charge is 0.0635 e. The molecule has 0 aliphatic heterocycles. The molecule has 2 N–H and O–H groups in total. The van der Waals surface area contributed by atoms with Crippen molar-refractivity contribution in [2.75, 3.05) is 5.73 Å². The molecule has 0 aromatic heterocycles. The Balaban J connectivity index is 2.45. The first-order valence-electron chi connectivity index (χ1n) is 4.79. The number of halogens is 1. The van der Waals surface area contributed by atoms with Crippen LogP contribution in [-0.4, -0.2) is 0 Å². The maximum absolute atomic E-state index is 5.87. The molecule has 2 aromatic carbocycles. The van der Waals surface area contributed by atoms with Crippen molar-refractivity contribution in [2.45, 2.75) is 6.92 Å². The predicted molar refractivity (Wildman–Crippen MR) is 66.0 cm³/mol. The Kier molecular flexibility index (Phi) is 2.65. The second-order valence-electron chi connectivity index (χ2n) is 3.60. The molecule has 0 fully saturated rings. The number of hydrogen-bond acceptors (Lipinski definition) is 1. The van der Waals surface area contributed by atoms with Crippen molar-refractivity contribution in [3.8, 4) is 11.1 Å². The molecule has 0 heterocycles. The minimum Gasteiger partial charge on any atom is -0.398 e. The Bertz CT molecular complexity index is 474. The highest BCUT2D eigenvalue weighted by atomic mass is 35.5. The Morgan fingerprint density at radius 2 is 1.53 bits per heavy atom. The highest BCUT2D eigenvalue weighted by Gasteiger charge is 2.00. The quantitative estimate of drug-likeness (QED) is 0.721. The van der Waals surface area contributed by atoms with Crippen LogP contribution in [0, 0.1) is 6.92 Å². The van der Waals surface area contributed by atoms with Gasteiger partial charge in [-0.3, -0.25) is 0 Å². The summed E-state index contributed by atoms with van der Waals surface area (Å²) >= 11 is 5.87. The van der Waals surface area contributed by atoms with Crippen LogP contribution in [0.1, 0.15) is 5.56 Å². The van der Waals surface area contributed by atoms with Crippen molar-refractivity contribution in [3.05, 3.63) is 53.1 Å². The number of nitrogens with two attached hydrogens (primary N) is 1. The maximum atomic E-state index is 5.87. The van der Waals surface area contributed by atoms with E-state index in [1.165, 1.54) is 5.56 Å². The third kappa shape index (κ3) is 2.13. The Morgan fingerprint density at radius 3 is 2.13 bits per heavy atom. The molecule has 2 rings (SSSR count). The van der Waals surface area contributed by atoms with Gasteiger partial charge in [0.1, 0.15) is 0 Å². The van der Waals surface area contributed by atoms with Gasteiger partial charge in [-0.25, -0.2) is 0 Å². The van der Waals surface area contributed by atoms with E-state index in [1.807, 2.05) is 18.2 Å². The summed E-state index contributed by atoms with van der Waals surface area (Å²) in [5.74, 6) is 0. The van der Waals surface area contributed by atoms with Gasteiger partial charge in [-0.2, -0.15) is 0 Å². The second kappa shape index (κ2) is 3.95. The van der Waals surface area contributed by atoms with E-state index in [-0.39, 0.29) is 0 Å². The van der Waals surface area contributed by atoms with Crippen LogP contribution in [-0.2, 0) is 0 Å². The molecular weight excluding hydrogens is 206 g/mol. The van der Waals surface area contributed by atoms with Crippen LogP contribution in [0.4, 0.5) is 5.69 Å². The number of nitrogen functional groups attached to an aromatic ring is 1. The van der Waals surface area contributed by atoms with Crippen LogP contribution in [0.15, 0.2) is 42.5 Å². The van der Waals surface area contributed by atoms with E-state index in [0.29, 0.717) is 10.7 Å². The summed E-state index contributed by atoms with van der Waals surface area (Å²) in [4.78, 5) is 0. The van der Waals surface area contributed by atoms with Crippen molar-refractivity contribution in [1.29, 1.82) is 0 Å². The van der Waals surface area contributed by atoms with Crippen molar-refractivity contribution >= 4 is 17.3 Å². The lowest BCUT2D eigenvalue weighted by Gasteiger charge is -2.04. The Labute approximate surface area is 94.5 Å². The predicted octanol–water partition coefficient (Wildman–Crippen LogP) is 3.90. The lowest BCUT2D eigenvalue weighted by Crippen LogP contribution is -1.87. The van der Waals surface area contributed by atoms with Gasteiger partial charge in [0.05, 0.1) is 10.7 Å². The van der Waals surface area contributed by atoms with Crippen LogP contribution in [0.2, 0.25) is 5.02 Å². The molecule has 0 unspecified atom stereocenters. The van der Waals surface area contributed by atoms with Gasteiger partial charge in [-0.05, 0) is 30.2 Å². The highest BCUT2D eigenvalue weighted by molar-refractivity contribution is 6.33. The lowest BCUT2D eigenvalue weighted by molar-refractivity contribution is 1.47. The molecule has 2 heteroatoms. The highest BCUT2D eigenvalue weighted by Crippen LogP contribution is 2.26. The van der Waals surface area contributed by atoms with Gasteiger partial charge in [0, 0.05) is 0 Å². The van der Waals surface area contributed by atoms with Crippen LogP contribution < -0.4 is 5.73 Å². The summed E-state index contributed by atoms with van der Waals surface area (Å²) in [6.07, 6.45) is 0. The zero-order chi connectivity index (χ0) is 10.8. The average molecular weight is 218 g/mol. The molecule has 76 valence electrons. The number of rotatable bonds is 1. The van der Waals surface area contributed by atoms with Crippen molar-refractivity contribution in [2.24, 2.45) is 0 Å². The summed E-state index contributed by atoms with van der Waals surface area (Å²) in [6.45, 7) is 2.07. The summed E-state index contributed by atoms with van der Waals surface area (Å²) in [5.41, 5.74) is 9.88. The minimum absolute atomic E-state index is 0.603. The van der Waals surface area contributed by atoms with E-state index in [9.17, 15) is 0 Å². The fraction of sp³-hybridized carbons (Fsp3) is 0.0769. The first-order valence-corrected chi connectivity index (χ1v) is 5.17. The molecule has 0 bridgehead atoms. The van der Waals surface area contributed by atoms with E-state index in [2.05, 4.69) is 31.2 Å². The largest absolute Gasteiger partial charge is 0.398 e. The fourth-order valence-corrected chi connectivity index (χ4v) is 1.59. The van der Waals surface area contributed by atoms with Crippen molar-refractivity contribution in [1.82, 2.24) is 0 Å². The molecule has 15 heavy (non-hydrogen) atoms. The number of benzene rings is 2. The summed E-state index contributed by atoms with van der Waals surface area (Å²) in [7, 11) is 0. The van der Waals surface area contributed by atoms with E-state index in [4.69, 9.17) is 17.3 Å². The number of aryl methyl sites for hydroxylation is 1. The van der Waals surface area contributed by atoms with E-state index >= 15 is 0 Å². The number of hydrogen-bond donors (Lipinski definition) is 1. The van der Waals surface area contributed by atoms with Crippen LogP contribution in [0.25, 0.3) is 11.1 Å². The summed E-state index contributed by atoms with van der Waals surface area (Å²) in [6, 6.07) is 14.0. The first kappa shape index (κ1) is 10.1. The zero-order valence-electron chi connectivity index (χ0n) is 8.50. The molecular formula is C13H12ClN. The Hall–Kier alpha value is -1.47.